The quantitative estimate of drug-likeness (QED) is 0.726. The fourth-order valence-electron chi connectivity index (χ4n) is 2.02. The summed E-state index contributed by atoms with van der Waals surface area (Å²) in [6.07, 6.45) is 0. The second-order valence-electron chi connectivity index (χ2n) is 4.36. The third-order valence-electron chi connectivity index (χ3n) is 2.77. The maximum atomic E-state index is 13.2. The van der Waals surface area contributed by atoms with Crippen molar-refractivity contribution in [3.05, 3.63) is 40.0 Å². The normalized spacial score (nSPS) is 11.5. The average molecular weight is 256 g/mol. The van der Waals surface area contributed by atoms with Gasteiger partial charge in [0.1, 0.15) is 0 Å². The van der Waals surface area contributed by atoms with Gasteiger partial charge in [0.05, 0.1) is 10.5 Å². The molecule has 1 nitrogen and oxygen atoms in total. The van der Waals surface area contributed by atoms with Crippen LogP contribution in [0.4, 0.5) is 8.78 Å². The van der Waals surface area contributed by atoms with Gasteiger partial charge in [0.2, 0.25) is 0 Å². The summed E-state index contributed by atoms with van der Waals surface area (Å²) in [6.45, 7) is 5.80. The second kappa shape index (κ2) is 4.22. The van der Waals surface area contributed by atoms with Gasteiger partial charge in [-0.1, -0.05) is 25.4 Å². The first-order valence-corrected chi connectivity index (χ1v) is 5.74. The van der Waals surface area contributed by atoms with Gasteiger partial charge >= 0.3 is 0 Å². The van der Waals surface area contributed by atoms with Gasteiger partial charge in [-0.15, -0.1) is 0 Å². The van der Waals surface area contributed by atoms with Crippen LogP contribution in [0.15, 0.2) is 12.1 Å². The lowest BCUT2D eigenvalue weighted by molar-refractivity contribution is 0.510. The Morgan fingerprint density at radius 3 is 2.35 bits per heavy atom. The Balaban J connectivity index is 2.87. The van der Waals surface area contributed by atoms with Crippen molar-refractivity contribution in [2.24, 2.45) is 0 Å². The predicted molar refractivity (Wildman–Crippen MR) is 65.5 cm³/mol. The second-order valence-corrected chi connectivity index (χ2v) is 4.74. The molecule has 1 heterocycles. The molecule has 0 aliphatic rings. The summed E-state index contributed by atoms with van der Waals surface area (Å²) < 4.78 is 26.3. The van der Waals surface area contributed by atoms with Crippen LogP contribution in [0, 0.1) is 18.6 Å². The first-order chi connectivity index (χ1) is 7.91. The van der Waals surface area contributed by atoms with Crippen molar-refractivity contribution in [1.82, 2.24) is 4.98 Å². The minimum absolute atomic E-state index is 0.188. The van der Waals surface area contributed by atoms with E-state index < -0.39 is 11.6 Å². The monoisotopic (exact) mass is 255 g/mol. The SMILES string of the molecule is Cc1nc2cc(F)c(F)cc2c(Cl)c1C(C)C. The van der Waals surface area contributed by atoms with Crippen LogP contribution in [0.2, 0.25) is 5.02 Å². The molecule has 90 valence electrons. The number of halogens is 3. The van der Waals surface area contributed by atoms with Crippen LogP contribution in [0.5, 0.6) is 0 Å². The van der Waals surface area contributed by atoms with Gasteiger partial charge in [0.15, 0.2) is 11.6 Å². The number of hydrogen-bond donors (Lipinski definition) is 0. The minimum Gasteiger partial charge on any atom is -0.253 e. The van der Waals surface area contributed by atoms with Gasteiger partial charge in [-0.25, -0.2) is 8.78 Å². The lowest BCUT2D eigenvalue weighted by Gasteiger charge is -2.14. The molecule has 0 amide bonds. The zero-order valence-electron chi connectivity index (χ0n) is 9.81. The maximum absolute atomic E-state index is 13.2. The molecular weight excluding hydrogens is 244 g/mol. The van der Waals surface area contributed by atoms with E-state index in [9.17, 15) is 8.78 Å². The molecule has 0 bridgehead atoms. The number of hydrogen-bond acceptors (Lipinski definition) is 1. The number of aromatic nitrogens is 1. The Morgan fingerprint density at radius 2 is 1.76 bits per heavy atom. The third kappa shape index (κ3) is 2.00. The number of nitrogens with zero attached hydrogens (tertiary/aromatic N) is 1. The molecule has 2 aromatic rings. The van der Waals surface area contributed by atoms with Crippen LogP contribution >= 0.6 is 11.6 Å². The molecule has 0 aliphatic carbocycles. The lowest BCUT2D eigenvalue weighted by atomic mass is 9.99. The van der Waals surface area contributed by atoms with E-state index in [4.69, 9.17) is 11.6 Å². The number of benzene rings is 1. The molecule has 1 aromatic heterocycles. The van der Waals surface area contributed by atoms with Crippen molar-refractivity contribution in [2.45, 2.75) is 26.7 Å². The molecule has 1 aromatic carbocycles. The largest absolute Gasteiger partial charge is 0.253 e. The number of rotatable bonds is 1. The van der Waals surface area contributed by atoms with Crippen LogP contribution in [0.1, 0.15) is 31.0 Å². The van der Waals surface area contributed by atoms with E-state index in [1.165, 1.54) is 0 Å². The Labute approximate surface area is 103 Å². The molecule has 2 rings (SSSR count). The van der Waals surface area contributed by atoms with E-state index in [1.807, 2.05) is 20.8 Å². The van der Waals surface area contributed by atoms with Crippen LogP contribution in [0.25, 0.3) is 10.9 Å². The van der Waals surface area contributed by atoms with Gasteiger partial charge in [0, 0.05) is 17.1 Å². The van der Waals surface area contributed by atoms with Crippen molar-refractivity contribution in [1.29, 1.82) is 0 Å². The number of pyridine rings is 1. The van der Waals surface area contributed by atoms with Gasteiger partial charge in [0.25, 0.3) is 0 Å². The van der Waals surface area contributed by atoms with Crippen LogP contribution in [0.3, 0.4) is 0 Å². The molecule has 0 radical (unpaired) electrons. The van der Waals surface area contributed by atoms with Crippen LogP contribution in [-0.2, 0) is 0 Å². The van der Waals surface area contributed by atoms with Gasteiger partial charge in [-0.2, -0.15) is 0 Å². The molecule has 0 aliphatic heterocycles. The van der Waals surface area contributed by atoms with Crippen LogP contribution in [-0.4, -0.2) is 4.98 Å². The van der Waals surface area contributed by atoms with E-state index in [0.29, 0.717) is 15.9 Å². The lowest BCUT2D eigenvalue weighted by Crippen LogP contribution is -1.99. The summed E-state index contributed by atoms with van der Waals surface area (Å²) in [5.74, 6) is -1.62. The molecule has 0 atom stereocenters. The predicted octanol–water partition coefficient (Wildman–Crippen LogP) is 4.60. The molecule has 0 saturated carbocycles. The number of aryl methyl sites for hydroxylation is 1. The summed E-state index contributed by atoms with van der Waals surface area (Å²) in [4.78, 5) is 4.27. The van der Waals surface area contributed by atoms with Crippen molar-refractivity contribution in [3.8, 4) is 0 Å². The van der Waals surface area contributed by atoms with E-state index in [-0.39, 0.29) is 5.92 Å². The fourth-order valence-corrected chi connectivity index (χ4v) is 2.53. The summed E-state index contributed by atoms with van der Waals surface area (Å²) in [5, 5.41) is 0.918. The summed E-state index contributed by atoms with van der Waals surface area (Å²) in [7, 11) is 0. The molecule has 0 spiro atoms. The molecule has 4 heteroatoms. The number of fused-ring (bicyclic) bond motifs is 1. The topological polar surface area (TPSA) is 12.9 Å². The smallest absolute Gasteiger partial charge is 0.161 e. The molecule has 0 N–H and O–H groups in total. The van der Waals surface area contributed by atoms with E-state index >= 15 is 0 Å². The third-order valence-corrected chi connectivity index (χ3v) is 3.17. The first kappa shape index (κ1) is 12.2. The van der Waals surface area contributed by atoms with Crippen molar-refractivity contribution >= 4 is 22.5 Å². The van der Waals surface area contributed by atoms with Crippen molar-refractivity contribution in [2.75, 3.05) is 0 Å². The molecular formula is C13H12ClF2N. The fraction of sp³-hybridized carbons (Fsp3) is 0.308. The highest BCUT2D eigenvalue weighted by atomic mass is 35.5. The summed E-state index contributed by atoms with van der Waals surface area (Å²) in [6, 6.07) is 2.18. The van der Waals surface area contributed by atoms with Crippen molar-refractivity contribution in [3.63, 3.8) is 0 Å². The Morgan fingerprint density at radius 1 is 1.18 bits per heavy atom. The van der Waals surface area contributed by atoms with Crippen molar-refractivity contribution < 1.29 is 8.78 Å². The standard InChI is InChI=1S/C13H12ClF2N/c1-6(2)12-7(3)17-11-5-10(16)9(15)4-8(11)13(12)14/h4-6H,1-3H3. The summed E-state index contributed by atoms with van der Waals surface area (Å²) >= 11 is 6.24. The summed E-state index contributed by atoms with van der Waals surface area (Å²) in [5.41, 5.74) is 2.02. The maximum Gasteiger partial charge on any atom is 0.161 e. The molecule has 0 saturated heterocycles. The van der Waals surface area contributed by atoms with Gasteiger partial charge in [-0.05, 0) is 24.5 Å². The molecule has 0 unspecified atom stereocenters. The zero-order valence-corrected chi connectivity index (χ0v) is 10.6. The van der Waals surface area contributed by atoms with E-state index in [2.05, 4.69) is 4.98 Å². The zero-order chi connectivity index (χ0) is 12.7. The van der Waals surface area contributed by atoms with Gasteiger partial charge in [-0.3, -0.25) is 4.98 Å². The average Bonchev–Trinajstić information content (AvgIpc) is 2.21. The van der Waals surface area contributed by atoms with Gasteiger partial charge < -0.3 is 0 Å². The highest BCUT2D eigenvalue weighted by Crippen LogP contribution is 2.33. The van der Waals surface area contributed by atoms with E-state index in [0.717, 1.165) is 23.4 Å². The van der Waals surface area contributed by atoms with Crippen LogP contribution < -0.4 is 0 Å². The Kier molecular flexibility index (Phi) is 3.04. The molecule has 17 heavy (non-hydrogen) atoms. The first-order valence-electron chi connectivity index (χ1n) is 5.36. The highest BCUT2D eigenvalue weighted by Gasteiger charge is 2.15. The van der Waals surface area contributed by atoms with E-state index in [1.54, 1.807) is 0 Å². The molecule has 0 fully saturated rings. The minimum atomic E-state index is -0.905. The highest BCUT2D eigenvalue weighted by molar-refractivity contribution is 6.36. The Bertz CT molecular complexity index is 594. The Hall–Kier alpha value is -1.22.